The lowest BCUT2D eigenvalue weighted by molar-refractivity contribution is -0.137. The zero-order valence-corrected chi connectivity index (χ0v) is 25.2. The third kappa shape index (κ3) is 9.75. The maximum Gasteiger partial charge on any atom is 0.303 e. The van der Waals surface area contributed by atoms with E-state index in [-0.39, 0.29) is 30.4 Å². The van der Waals surface area contributed by atoms with E-state index in [2.05, 4.69) is 30.4 Å². The van der Waals surface area contributed by atoms with E-state index >= 15 is 0 Å². The first-order valence-corrected chi connectivity index (χ1v) is 14.3. The van der Waals surface area contributed by atoms with Crippen LogP contribution in [0.2, 0.25) is 0 Å². The molecule has 0 spiro atoms. The fourth-order valence-corrected chi connectivity index (χ4v) is 5.11. The lowest BCUT2D eigenvalue weighted by Gasteiger charge is -2.21. The van der Waals surface area contributed by atoms with Gasteiger partial charge in [-0.1, -0.05) is 56.3 Å². The molecular formula is C35H42NO6. The minimum Gasteiger partial charge on any atom is -0.493 e. The minimum absolute atomic E-state index is 0.00821. The van der Waals surface area contributed by atoms with Crippen LogP contribution in [0.3, 0.4) is 0 Å². The first-order chi connectivity index (χ1) is 20.1. The van der Waals surface area contributed by atoms with Crippen LogP contribution < -0.4 is 14.8 Å². The highest BCUT2D eigenvalue weighted by Crippen LogP contribution is 2.34. The molecule has 42 heavy (non-hydrogen) atoms. The van der Waals surface area contributed by atoms with E-state index in [1.165, 1.54) is 37.3 Å². The highest BCUT2D eigenvalue weighted by Gasteiger charge is 2.28. The summed E-state index contributed by atoms with van der Waals surface area (Å²) in [5.41, 5.74) is 5.08. The molecule has 0 aliphatic carbocycles. The molecule has 0 aliphatic rings. The van der Waals surface area contributed by atoms with Crippen LogP contribution in [0.1, 0.15) is 61.3 Å². The van der Waals surface area contributed by atoms with Crippen molar-refractivity contribution in [3.05, 3.63) is 95.4 Å². The lowest BCUT2D eigenvalue weighted by Crippen LogP contribution is -2.26. The zero-order chi connectivity index (χ0) is 30.6. The van der Waals surface area contributed by atoms with E-state index in [1.807, 2.05) is 44.2 Å². The van der Waals surface area contributed by atoms with Gasteiger partial charge in [0.05, 0.1) is 20.6 Å². The molecule has 0 bridgehead atoms. The lowest BCUT2D eigenvalue weighted by atomic mass is 9.82. The van der Waals surface area contributed by atoms with Crippen LogP contribution in [0.25, 0.3) is 0 Å². The predicted molar refractivity (Wildman–Crippen MR) is 165 cm³/mol. The van der Waals surface area contributed by atoms with Gasteiger partial charge in [0.1, 0.15) is 5.78 Å². The summed E-state index contributed by atoms with van der Waals surface area (Å²) in [5.74, 6) is -1.65. The molecular weight excluding hydrogens is 530 g/mol. The number of carboxylic acids is 1. The number of hydrogen-bond acceptors (Lipinski definition) is 5. The van der Waals surface area contributed by atoms with Crippen molar-refractivity contribution in [2.45, 2.75) is 58.8 Å². The summed E-state index contributed by atoms with van der Waals surface area (Å²) in [5, 5.41) is 12.5. The smallest absolute Gasteiger partial charge is 0.303 e. The number of carbonyl (C=O) groups excluding carboxylic acids is 2. The highest BCUT2D eigenvalue weighted by atomic mass is 16.5. The van der Waals surface area contributed by atoms with E-state index in [0.29, 0.717) is 29.2 Å². The Morgan fingerprint density at radius 3 is 2.19 bits per heavy atom. The summed E-state index contributed by atoms with van der Waals surface area (Å²) in [6.07, 6.45) is 3.54. The second-order valence-corrected chi connectivity index (χ2v) is 11.1. The highest BCUT2D eigenvalue weighted by molar-refractivity contribution is 5.97. The molecule has 1 unspecified atom stereocenters. The largest absolute Gasteiger partial charge is 0.493 e. The van der Waals surface area contributed by atoms with Crippen molar-refractivity contribution in [3.8, 4) is 11.5 Å². The van der Waals surface area contributed by atoms with Crippen molar-refractivity contribution in [2.75, 3.05) is 19.5 Å². The van der Waals surface area contributed by atoms with Crippen LogP contribution in [-0.4, -0.2) is 37.0 Å². The normalized spacial score (nSPS) is 12.4. The third-order valence-corrected chi connectivity index (χ3v) is 7.37. The second kappa shape index (κ2) is 15.8. The first-order valence-electron chi connectivity index (χ1n) is 14.3. The maximum absolute atomic E-state index is 13.5. The third-order valence-electron chi connectivity index (χ3n) is 7.37. The average molecular weight is 573 g/mol. The molecule has 2 atom stereocenters. The van der Waals surface area contributed by atoms with Crippen LogP contribution in [0, 0.1) is 25.2 Å². The molecule has 3 aromatic carbocycles. The summed E-state index contributed by atoms with van der Waals surface area (Å²) >= 11 is 0. The summed E-state index contributed by atoms with van der Waals surface area (Å²) in [7, 11) is 3.02. The quantitative estimate of drug-likeness (QED) is 0.195. The molecule has 3 aromatic rings. The summed E-state index contributed by atoms with van der Waals surface area (Å²) in [4.78, 5) is 38.2. The number of hydrogen-bond donors (Lipinski definition) is 2. The average Bonchev–Trinajstić information content (AvgIpc) is 2.96. The number of carboxylic acid groups (broad SMARTS) is 1. The molecule has 7 heteroatoms. The number of aryl methyl sites for hydroxylation is 3. The summed E-state index contributed by atoms with van der Waals surface area (Å²) in [6, 6.07) is 21.3. The van der Waals surface area contributed by atoms with Crippen molar-refractivity contribution in [1.82, 2.24) is 0 Å². The van der Waals surface area contributed by atoms with Gasteiger partial charge >= 0.3 is 5.97 Å². The SMILES string of the molecule is COc1ccc([C@@H]([CH]C(=O)C(CC(=O)Nc2ccc(CCc3ccccc3C)cc2)CC(C)C)CC(=O)O)cc1OC. The van der Waals surface area contributed by atoms with E-state index in [1.54, 1.807) is 18.2 Å². The Balaban J connectivity index is 1.65. The molecule has 0 fully saturated rings. The molecule has 223 valence electrons. The van der Waals surface area contributed by atoms with Gasteiger partial charge < -0.3 is 19.9 Å². The van der Waals surface area contributed by atoms with Crippen molar-refractivity contribution in [1.29, 1.82) is 0 Å². The fraction of sp³-hybridized carbons (Fsp3) is 0.371. The van der Waals surface area contributed by atoms with Gasteiger partial charge in [0.25, 0.3) is 0 Å². The first kappa shape index (κ1) is 32.4. The molecule has 0 heterocycles. The Morgan fingerprint density at radius 2 is 1.57 bits per heavy atom. The van der Waals surface area contributed by atoms with Gasteiger partial charge in [-0.2, -0.15) is 0 Å². The van der Waals surface area contributed by atoms with E-state index in [4.69, 9.17) is 9.47 Å². The van der Waals surface area contributed by atoms with Gasteiger partial charge in [0, 0.05) is 30.4 Å². The van der Waals surface area contributed by atoms with E-state index in [9.17, 15) is 19.5 Å². The van der Waals surface area contributed by atoms with Crippen LogP contribution >= 0.6 is 0 Å². The predicted octanol–water partition coefficient (Wildman–Crippen LogP) is 6.82. The Bertz CT molecular complexity index is 1350. The molecule has 3 rings (SSSR count). The van der Waals surface area contributed by atoms with Gasteiger partial charge in [-0.25, -0.2) is 0 Å². The van der Waals surface area contributed by atoms with E-state index < -0.39 is 17.8 Å². The number of aliphatic carboxylic acids is 1. The molecule has 7 nitrogen and oxygen atoms in total. The Kier molecular flexibility index (Phi) is 12.1. The van der Waals surface area contributed by atoms with Crippen LogP contribution in [-0.2, 0) is 27.2 Å². The van der Waals surface area contributed by atoms with Gasteiger partial charge in [0.2, 0.25) is 5.91 Å². The number of methoxy groups -OCH3 is 2. The Morgan fingerprint density at radius 1 is 0.881 bits per heavy atom. The van der Waals surface area contributed by atoms with Gasteiger partial charge in [0.15, 0.2) is 11.5 Å². The molecule has 0 aromatic heterocycles. The molecule has 0 saturated heterocycles. The molecule has 1 radical (unpaired) electrons. The standard InChI is InChI=1S/C35H42NO6/c1-23(2)18-29(31(37)19-28(22-35(39)40)27-14-17-32(41-4)33(20-27)42-5)21-34(38)36-30-15-11-25(12-16-30)10-13-26-9-7-6-8-24(26)3/h6-9,11-12,14-17,19-20,23,28-29H,10,13,18,21-22H2,1-5H3,(H,36,38)(H,39,40)/t28-,29?/m0/s1. The van der Waals surface area contributed by atoms with Crippen molar-refractivity contribution in [2.24, 2.45) is 11.8 Å². The number of amides is 1. The number of nitrogens with one attached hydrogen (secondary N) is 1. The summed E-state index contributed by atoms with van der Waals surface area (Å²) in [6.45, 7) is 6.11. The topological polar surface area (TPSA) is 102 Å². The van der Waals surface area contributed by atoms with Crippen LogP contribution in [0.15, 0.2) is 66.7 Å². The monoisotopic (exact) mass is 572 g/mol. The molecule has 1 amide bonds. The number of carbonyl (C=O) groups is 3. The molecule has 0 saturated carbocycles. The van der Waals surface area contributed by atoms with Crippen LogP contribution in [0.4, 0.5) is 5.69 Å². The maximum atomic E-state index is 13.5. The number of rotatable bonds is 16. The minimum atomic E-state index is -1.03. The number of anilines is 1. The zero-order valence-electron chi connectivity index (χ0n) is 25.2. The summed E-state index contributed by atoms with van der Waals surface area (Å²) < 4.78 is 10.7. The van der Waals surface area contributed by atoms with Crippen molar-refractivity contribution >= 4 is 23.3 Å². The number of Topliss-reactive ketones (excluding diaryl/α,β-unsaturated/α-hetero) is 1. The van der Waals surface area contributed by atoms with Gasteiger partial charge in [-0.05, 0) is 78.6 Å². The Hall–Kier alpha value is -4.13. The Labute approximate surface area is 249 Å². The van der Waals surface area contributed by atoms with Crippen molar-refractivity contribution < 1.29 is 29.0 Å². The fourth-order valence-electron chi connectivity index (χ4n) is 5.11. The number of ketones is 1. The van der Waals surface area contributed by atoms with E-state index in [0.717, 1.165) is 12.8 Å². The number of ether oxygens (including phenoxy) is 2. The van der Waals surface area contributed by atoms with Crippen molar-refractivity contribution in [3.63, 3.8) is 0 Å². The molecule has 2 N–H and O–H groups in total. The van der Waals surface area contributed by atoms with Crippen LogP contribution in [0.5, 0.6) is 11.5 Å². The molecule has 0 aliphatic heterocycles. The van der Waals surface area contributed by atoms with Gasteiger partial charge in [-0.3, -0.25) is 14.4 Å². The number of benzene rings is 3. The van der Waals surface area contributed by atoms with Gasteiger partial charge in [-0.15, -0.1) is 0 Å². The second-order valence-electron chi connectivity index (χ2n) is 11.1.